The first-order valence-electron chi connectivity index (χ1n) is 3.40. The van der Waals surface area contributed by atoms with Crippen LogP contribution in [-0.2, 0) is 10.0 Å². The van der Waals surface area contributed by atoms with Gasteiger partial charge in [0, 0.05) is 6.54 Å². The molecule has 0 spiro atoms. The van der Waals surface area contributed by atoms with Crippen LogP contribution in [0.5, 0.6) is 0 Å². The Morgan fingerprint density at radius 1 is 1.55 bits per heavy atom. The Kier molecular flexibility index (Phi) is 5.10. The normalized spacial score (nSPS) is 11.4. The van der Waals surface area contributed by atoms with Gasteiger partial charge in [0.1, 0.15) is 0 Å². The van der Waals surface area contributed by atoms with Crippen LogP contribution >= 0.6 is 0 Å². The fourth-order valence-electron chi connectivity index (χ4n) is 0.544. The van der Waals surface area contributed by atoms with Crippen LogP contribution in [0.15, 0.2) is 12.7 Å². The Labute approximate surface area is 67.5 Å². The van der Waals surface area contributed by atoms with E-state index >= 15 is 0 Å². The monoisotopic (exact) mass is 178 g/mol. The maximum atomic E-state index is 10.9. The van der Waals surface area contributed by atoms with Gasteiger partial charge in [0.25, 0.3) is 0 Å². The zero-order valence-corrected chi connectivity index (χ0v) is 7.23. The molecule has 0 unspecified atom stereocenters. The van der Waals surface area contributed by atoms with E-state index in [4.69, 9.17) is 5.73 Å². The summed E-state index contributed by atoms with van der Waals surface area (Å²) in [6.07, 6.45) is 2.02. The Morgan fingerprint density at radius 2 is 2.18 bits per heavy atom. The van der Waals surface area contributed by atoms with Gasteiger partial charge in [0.15, 0.2) is 0 Å². The molecule has 0 fully saturated rings. The minimum Gasteiger partial charge on any atom is -0.330 e. The lowest BCUT2D eigenvalue weighted by molar-refractivity contribution is 0.582. The predicted octanol–water partition coefficient (Wildman–Crippen LogP) is -0.559. The third-order valence-electron chi connectivity index (χ3n) is 1.04. The van der Waals surface area contributed by atoms with Crippen molar-refractivity contribution in [3.8, 4) is 0 Å². The standard InChI is InChI=1S/C6H14N2O2S/c1-2-6-11(9,10)8-5-3-4-7/h2,8H,1,3-7H2. The highest BCUT2D eigenvalue weighted by Gasteiger charge is 2.04. The second-order valence-corrected chi connectivity index (χ2v) is 3.96. The van der Waals surface area contributed by atoms with Crippen molar-refractivity contribution in [1.29, 1.82) is 0 Å². The first-order valence-corrected chi connectivity index (χ1v) is 5.06. The summed E-state index contributed by atoms with van der Waals surface area (Å²) in [4.78, 5) is 0. The van der Waals surface area contributed by atoms with Crippen LogP contribution in [0.25, 0.3) is 0 Å². The van der Waals surface area contributed by atoms with Crippen molar-refractivity contribution in [3.63, 3.8) is 0 Å². The van der Waals surface area contributed by atoms with Crippen LogP contribution in [0.4, 0.5) is 0 Å². The van der Waals surface area contributed by atoms with E-state index in [0.717, 1.165) is 0 Å². The molecule has 0 aliphatic rings. The van der Waals surface area contributed by atoms with Crippen LogP contribution < -0.4 is 10.5 Å². The molecule has 0 saturated carbocycles. The van der Waals surface area contributed by atoms with Gasteiger partial charge in [-0.2, -0.15) is 0 Å². The average molecular weight is 178 g/mol. The molecule has 0 aromatic heterocycles. The van der Waals surface area contributed by atoms with Gasteiger partial charge in [-0.1, -0.05) is 6.08 Å². The van der Waals surface area contributed by atoms with E-state index in [1.165, 1.54) is 6.08 Å². The fourth-order valence-corrected chi connectivity index (χ4v) is 1.43. The van der Waals surface area contributed by atoms with Crippen LogP contribution in [0.2, 0.25) is 0 Å². The maximum absolute atomic E-state index is 10.9. The summed E-state index contributed by atoms with van der Waals surface area (Å²) >= 11 is 0. The van der Waals surface area contributed by atoms with Crippen molar-refractivity contribution in [2.45, 2.75) is 6.42 Å². The highest BCUT2D eigenvalue weighted by atomic mass is 32.2. The second kappa shape index (κ2) is 5.29. The molecule has 5 heteroatoms. The van der Waals surface area contributed by atoms with E-state index in [2.05, 4.69) is 11.3 Å². The zero-order chi connectivity index (χ0) is 8.74. The van der Waals surface area contributed by atoms with Crippen molar-refractivity contribution < 1.29 is 8.42 Å². The van der Waals surface area contributed by atoms with Gasteiger partial charge >= 0.3 is 0 Å². The van der Waals surface area contributed by atoms with Gasteiger partial charge in [0.05, 0.1) is 5.75 Å². The van der Waals surface area contributed by atoms with E-state index in [1.807, 2.05) is 0 Å². The fraction of sp³-hybridized carbons (Fsp3) is 0.667. The lowest BCUT2D eigenvalue weighted by Gasteiger charge is -2.01. The Bertz CT molecular complexity index is 199. The molecule has 4 nitrogen and oxygen atoms in total. The molecule has 0 aromatic rings. The van der Waals surface area contributed by atoms with Gasteiger partial charge in [-0.15, -0.1) is 6.58 Å². The average Bonchev–Trinajstić information content (AvgIpc) is 1.87. The summed E-state index contributed by atoms with van der Waals surface area (Å²) in [5.41, 5.74) is 5.18. The molecule has 3 N–H and O–H groups in total. The predicted molar refractivity (Wildman–Crippen MR) is 45.7 cm³/mol. The minimum atomic E-state index is -3.13. The summed E-state index contributed by atoms with van der Waals surface area (Å²) in [6, 6.07) is 0. The smallest absolute Gasteiger partial charge is 0.215 e. The summed E-state index contributed by atoms with van der Waals surface area (Å²) in [7, 11) is -3.13. The highest BCUT2D eigenvalue weighted by Crippen LogP contribution is 1.84. The Hall–Kier alpha value is -0.390. The molecule has 0 saturated heterocycles. The number of sulfonamides is 1. The number of nitrogens with one attached hydrogen (secondary N) is 1. The quantitative estimate of drug-likeness (QED) is 0.423. The third kappa shape index (κ3) is 6.03. The lowest BCUT2D eigenvalue weighted by Crippen LogP contribution is -2.27. The summed E-state index contributed by atoms with van der Waals surface area (Å²) in [5, 5.41) is 0. The van der Waals surface area contributed by atoms with E-state index in [1.54, 1.807) is 0 Å². The molecule has 0 heterocycles. The van der Waals surface area contributed by atoms with Crippen LogP contribution in [0.3, 0.4) is 0 Å². The molecule has 66 valence electrons. The first kappa shape index (κ1) is 10.6. The molecular weight excluding hydrogens is 164 g/mol. The molecule has 0 rings (SSSR count). The minimum absolute atomic E-state index is 0.0302. The molecular formula is C6H14N2O2S. The van der Waals surface area contributed by atoms with E-state index < -0.39 is 10.0 Å². The van der Waals surface area contributed by atoms with Crippen molar-refractivity contribution in [2.24, 2.45) is 5.73 Å². The van der Waals surface area contributed by atoms with Gasteiger partial charge in [-0.25, -0.2) is 13.1 Å². The van der Waals surface area contributed by atoms with Crippen molar-refractivity contribution in [2.75, 3.05) is 18.8 Å². The third-order valence-corrected chi connectivity index (χ3v) is 2.36. The molecule has 0 bridgehead atoms. The van der Waals surface area contributed by atoms with Crippen LogP contribution in [-0.4, -0.2) is 27.3 Å². The Balaban J connectivity index is 3.65. The zero-order valence-electron chi connectivity index (χ0n) is 6.41. The number of rotatable bonds is 6. The van der Waals surface area contributed by atoms with E-state index in [9.17, 15) is 8.42 Å². The molecule has 0 aromatic carbocycles. The largest absolute Gasteiger partial charge is 0.330 e. The highest BCUT2D eigenvalue weighted by molar-refractivity contribution is 7.89. The van der Waals surface area contributed by atoms with Gasteiger partial charge in [-0.05, 0) is 13.0 Å². The molecule has 0 atom stereocenters. The van der Waals surface area contributed by atoms with Crippen LogP contribution in [0, 0.1) is 0 Å². The second-order valence-electron chi connectivity index (χ2n) is 2.11. The number of nitrogens with two attached hydrogens (primary N) is 1. The van der Waals surface area contributed by atoms with Crippen molar-refractivity contribution >= 4 is 10.0 Å². The number of hydrogen-bond acceptors (Lipinski definition) is 3. The summed E-state index contributed by atoms with van der Waals surface area (Å²) in [6.45, 7) is 4.24. The van der Waals surface area contributed by atoms with Crippen molar-refractivity contribution in [3.05, 3.63) is 12.7 Å². The Morgan fingerprint density at radius 3 is 2.64 bits per heavy atom. The molecule has 0 aliphatic carbocycles. The first-order chi connectivity index (χ1) is 5.12. The molecule has 0 radical (unpaired) electrons. The SMILES string of the molecule is C=CCS(=O)(=O)NCCCN. The van der Waals surface area contributed by atoms with E-state index in [0.29, 0.717) is 19.5 Å². The molecule has 0 amide bonds. The van der Waals surface area contributed by atoms with Crippen molar-refractivity contribution in [1.82, 2.24) is 4.72 Å². The number of hydrogen-bond donors (Lipinski definition) is 2. The van der Waals surface area contributed by atoms with Crippen LogP contribution in [0.1, 0.15) is 6.42 Å². The topological polar surface area (TPSA) is 72.2 Å². The molecule has 0 aliphatic heterocycles. The summed E-state index contributed by atoms with van der Waals surface area (Å²) < 4.78 is 24.1. The van der Waals surface area contributed by atoms with Gasteiger partial charge < -0.3 is 5.73 Å². The maximum Gasteiger partial charge on any atom is 0.215 e. The van der Waals surface area contributed by atoms with Gasteiger partial charge in [0.2, 0.25) is 10.0 Å². The lowest BCUT2D eigenvalue weighted by atomic mass is 10.4. The molecule has 11 heavy (non-hydrogen) atoms. The van der Waals surface area contributed by atoms with E-state index in [-0.39, 0.29) is 5.75 Å². The van der Waals surface area contributed by atoms with Gasteiger partial charge in [-0.3, -0.25) is 0 Å². The summed E-state index contributed by atoms with van der Waals surface area (Å²) in [5.74, 6) is -0.0302.